The molecular formula is C24H40O3. The van der Waals surface area contributed by atoms with Crippen molar-refractivity contribution in [3.8, 4) is 0 Å². The fraction of sp³-hybridized carbons (Fsp3) is 0.667. The Balaban J connectivity index is 2.54. The zero-order valence-electron chi connectivity index (χ0n) is 18.5. The van der Waals surface area contributed by atoms with Crippen molar-refractivity contribution in [3.05, 3.63) is 46.5 Å². The van der Waals surface area contributed by atoms with Gasteiger partial charge >= 0.3 is 0 Å². The molecule has 3 unspecified atom stereocenters. The van der Waals surface area contributed by atoms with E-state index in [4.69, 9.17) is 9.47 Å². The molecule has 27 heavy (non-hydrogen) atoms. The maximum Gasteiger partial charge on any atom is 0.162 e. The Kier molecular flexibility index (Phi) is 10.5. The molecule has 0 saturated heterocycles. The van der Waals surface area contributed by atoms with Crippen molar-refractivity contribution in [2.75, 3.05) is 14.2 Å². The Labute approximate surface area is 166 Å². The molecular weight excluding hydrogens is 336 g/mol. The van der Waals surface area contributed by atoms with Gasteiger partial charge in [0.05, 0.1) is 14.2 Å². The summed E-state index contributed by atoms with van der Waals surface area (Å²) in [5.41, 5.74) is 4.26. The number of aliphatic hydroxyl groups is 1. The molecule has 0 heterocycles. The van der Waals surface area contributed by atoms with Crippen LogP contribution >= 0.6 is 0 Å². The molecule has 3 nitrogen and oxygen atoms in total. The lowest BCUT2D eigenvalue weighted by Crippen LogP contribution is -2.34. The third-order valence-electron chi connectivity index (χ3n) is 5.51. The van der Waals surface area contributed by atoms with Gasteiger partial charge in [0.25, 0.3) is 0 Å². The molecule has 0 bridgehead atoms. The summed E-state index contributed by atoms with van der Waals surface area (Å²) in [6.07, 6.45) is 12.5. The van der Waals surface area contributed by atoms with E-state index in [9.17, 15) is 5.11 Å². The predicted molar refractivity (Wildman–Crippen MR) is 114 cm³/mol. The highest BCUT2D eigenvalue weighted by Crippen LogP contribution is 2.37. The number of ether oxygens (including phenoxy) is 2. The number of rotatable bonds is 10. The molecule has 0 radical (unpaired) electrons. The summed E-state index contributed by atoms with van der Waals surface area (Å²) in [6.45, 7) is 10.9. The van der Waals surface area contributed by atoms with Crippen molar-refractivity contribution in [2.45, 2.75) is 79.2 Å². The second kappa shape index (κ2) is 12.1. The van der Waals surface area contributed by atoms with E-state index < -0.39 is 6.10 Å². The van der Waals surface area contributed by atoms with Crippen molar-refractivity contribution in [2.24, 2.45) is 11.8 Å². The minimum absolute atomic E-state index is 0.176. The molecule has 3 heteroatoms. The van der Waals surface area contributed by atoms with Crippen LogP contribution in [0.15, 0.2) is 46.5 Å². The molecule has 1 N–H and O–H groups in total. The lowest BCUT2D eigenvalue weighted by Gasteiger charge is -2.34. The normalized spacial score (nSPS) is 24.1. The topological polar surface area (TPSA) is 38.7 Å². The first-order valence-electron chi connectivity index (χ1n) is 10.2. The Morgan fingerprint density at radius 3 is 2.11 bits per heavy atom. The largest absolute Gasteiger partial charge is 0.497 e. The summed E-state index contributed by atoms with van der Waals surface area (Å²) in [5.74, 6) is 1.93. The van der Waals surface area contributed by atoms with E-state index in [2.05, 4.69) is 52.8 Å². The summed E-state index contributed by atoms with van der Waals surface area (Å²) in [6, 6.07) is 0. The summed E-state index contributed by atoms with van der Waals surface area (Å²) < 4.78 is 10.8. The van der Waals surface area contributed by atoms with Gasteiger partial charge in [0.1, 0.15) is 11.9 Å². The van der Waals surface area contributed by atoms with Gasteiger partial charge in [-0.15, -0.1) is 0 Å². The molecule has 0 saturated carbocycles. The zero-order valence-corrected chi connectivity index (χ0v) is 18.5. The first-order chi connectivity index (χ1) is 12.8. The minimum atomic E-state index is -0.588. The average molecular weight is 377 g/mol. The molecule has 0 spiro atoms. The highest BCUT2D eigenvalue weighted by Gasteiger charge is 2.36. The summed E-state index contributed by atoms with van der Waals surface area (Å²) >= 11 is 0. The van der Waals surface area contributed by atoms with Gasteiger partial charge in [-0.2, -0.15) is 0 Å². The zero-order chi connectivity index (χ0) is 20.4. The lowest BCUT2D eigenvalue weighted by molar-refractivity contribution is 0.0226. The molecule has 0 aromatic heterocycles. The van der Waals surface area contributed by atoms with E-state index in [0.29, 0.717) is 11.7 Å². The van der Waals surface area contributed by atoms with Crippen molar-refractivity contribution >= 4 is 0 Å². The van der Waals surface area contributed by atoms with Crippen molar-refractivity contribution in [1.29, 1.82) is 0 Å². The summed E-state index contributed by atoms with van der Waals surface area (Å²) in [4.78, 5) is 0. The van der Waals surface area contributed by atoms with Crippen LogP contribution in [-0.4, -0.2) is 25.4 Å². The molecule has 0 aromatic carbocycles. The number of allylic oxidation sites excluding steroid dienone is 7. The first-order valence-corrected chi connectivity index (χ1v) is 10.2. The third kappa shape index (κ3) is 7.96. The molecule has 0 aromatic rings. The maximum atomic E-state index is 10.7. The second-order valence-corrected chi connectivity index (χ2v) is 8.18. The van der Waals surface area contributed by atoms with Gasteiger partial charge in [-0.3, -0.25) is 0 Å². The quantitative estimate of drug-likeness (QED) is 0.454. The average Bonchev–Trinajstić information content (AvgIpc) is 2.60. The summed E-state index contributed by atoms with van der Waals surface area (Å²) in [7, 11) is 3.26. The van der Waals surface area contributed by atoms with E-state index >= 15 is 0 Å². The highest BCUT2D eigenvalue weighted by molar-refractivity contribution is 5.15. The molecule has 3 atom stereocenters. The van der Waals surface area contributed by atoms with Gasteiger partial charge in [0.2, 0.25) is 0 Å². The van der Waals surface area contributed by atoms with Gasteiger partial charge in [-0.25, -0.2) is 0 Å². The van der Waals surface area contributed by atoms with E-state index in [1.54, 1.807) is 14.2 Å². The SMILES string of the molecule is COC1=C(OC)C(O)C(C/C=C(\C)CC/C=C(\C)CCC=C(C)C)C(C)C1. The number of hydrogen-bond donors (Lipinski definition) is 1. The fourth-order valence-corrected chi connectivity index (χ4v) is 3.67. The molecule has 1 aliphatic rings. The fourth-order valence-electron chi connectivity index (χ4n) is 3.67. The van der Waals surface area contributed by atoms with Gasteiger partial charge in [0.15, 0.2) is 5.76 Å². The van der Waals surface area contributed by atoms with Crippen LogP contribution in [0.4, 0.5) is 0 Å². The van der Waals surface area contributed by atoms with E-state index in [-0.39, 0.29) is 5.92 Å². The van der Waals surface area contributed by atoms with Crippen molar-refractivity contribution in [3.63, 3.8) is 0 Å². The molecule has 1 rings (SSSR count). The van der Waals surface area contributed by atoms with Gasteiger partial charge in [-0.1, -0.05) is 41.9 Å². The van der Waals surface area contributed by atoms with E-state index in [1.807, 2.05) is 0 Å². The molecule has 0 fully saturated rings. The smallest absolute Gasteiger partial charge is 0.162 e. The monoisotopic (exact) mass is 376 g/mol. The van der Waals surface area contributed by atoms with Gasteiger partial charge in [-0.05, 0) is 71.6 Å². The third-order valence-corrected chi connectivity index (χ3v) is 5.51. The van der Waals surface area contributed by atoms with Crippen LogP contribution in [0.5, 0.6) is 0 Å². The van der Waals surface area contributed by atoms with Crippen LogP contribution in [0.2, 0.25) is 0 Å². The first kappa shape index (κ1) is 23.6. The standard InChI is InChI=1S/C24H40O3/c1-17(2)10-8-11-18(3)12-9-13-19(4)14-15-21-20(5)16-22(26-6)24(27-7)23(21)25/h10,12,14,20-21,23,25H,8-9,11,13,15-16H2,1-7H3/b18-12+,19-14+. The van der Waals surface area contributed by atoms with Crippen LogP contribution in [0.1, 0.15) is 73.1 Å². The molecule has 0 aliphatic heterocycles. The molecule has 1 aliphatic carbocycles. The highest BCUT2D eigenvalue weighted by atomic mass is 16.5. The maximum absolute atomic E-state index is 10.7. The van der Waals surface area contributed by atoms with E-state index in [0.717, 1.165) is 44.3 Å². The Morgan fingerprint density at radius 1 is 0.963 bits per heavy atom. The number of hydrogen-bond acceptors (Lipinski definition) is 3. The van der Waals surface area contributed by atoms with Crippen molar-refractivity contribution < 1.29 is 14.6 Å². The predicted octanol–water partition coefficient (Wildman–Crippen LogP) is 6.32. The molecule has 0 amide bonds. The van der Waals surface area contributed by atoms with Crippen LogP contribution in [0, 0.1) is 11.8 Å². The lowest BCUT2D eigenvalue weighted by atomic mass is 9.78. The number of methoxy groups -OCH3 is 2. The van der Waals surface area contributed by atoms with Crippen LogP contribution in [0.3, 0.4) is 0 Å². The number of aliphatic hydroxyl groups excluding tert-OH is 1. The molecule has 154 valence electrons. The van der Waals surface area contributed by atoms with Gasteiger partial charge in [0, 0.05) is 6.42 Å². The minimum Gasteiger partial charge on any atom is -0.497 e. The van der Waals surface area contributed by atoms with E-state index in [1.165, 1.54) is 16.7 Å². The van der Waals surface area contributed by atoms with Crippen molar-refractivity contribution in [1.82, 2.24) is 0 Å². The van der Waals surface area contributed by atoms with Crippen LogP contribution < -0.4 is 0 Å². The van der Waals surface area contributed by atoms with Crippen LogP contribution in [0.25, 0.3) is 0 Å². The Hall–Kier alpha value is -1.48. The Morgan fingerprint density at radius 2 is 1.56 bits per heavy atom. The van der Waals surface area contributed by atoms with Gasteiger partial charge < -0.3 is 14.6 Å². The summed E-state index contributed by atoms with van der Waals surface area (Å²) in [5, 5.41) is 10.7. The Bertz CT molecular complexity index is 576. The van der Waals surface area contributed by atoms with Crippen LogP contribution in [-0.2, 0) is 9.47 Å². The second-order valence-electron chi connectivity index (χ2n) is 8.18.